The molecule has 100 valence electrons. The quantitative estimate of drug-likeness (QED) is 0.865. The van der Waals surface area contributed by atoms with E-state index in [1.165, 1.54) is 0 Å². The van der Waals surface area contributed by atoms with Crippen molar-refractivity contribution >= 4 is 0 Å². The molecule has 0 unspecified atom stereocenters. The Kier molecular flexibility index (Phi) is 4.75. The Bertz CT molecular complexity index is 529. The molecule has 0 saturated carbocycles. The first-order chi connectivity index (χ1) is 9.35. The van der Waals surface area contributed by atoms with Crippen molar-refractivity contribution in [2.24, 2.45) is 0 Å². The zero-order valence-electron chi connectivity index (χ0n) is 11.2. The SMILES string of the molecule is CCNCc1ccncc1Oc1ccccc1OC. The van der Waals surface area contributed by atoms with Gasteiger partial charge < -0.3 is 14.8 Å². The molecule has 0 atom stereocenters. The number of hydrogen-bond acceptors (Lipinski definition) is 4. The molecule has 1 aromatic carbocycles. The number of benzene rings is 1. The van der Waals surface area contributed by atoms with Crippen LogP contribution in [0.1, 0.15) is 12.5 Å². The van der Waals surface area contributed by atoms with Crippen LogP contribution in [0.2, 0.25) is 0 Å². The minimum Gasteiger partial charge on any atom is -0.493 e. The van der Waals surface area contributed by atoms with Gasteiger partial charge in [-0.3, -0.25) is 4.98 Å². The minimum atomic E-state index is 0.691. The molecule has 19 heavy (non-hydrogen) atoms. The van der Waals surface area contributed by atoms with E-state index in [4.69, 9.17) is 9.47 Å². The highest BCUT2D eigenvalue weighted by atomic mass is 16.5. The summed E-state index contributed by atoms with van der Waals surface area (Å²) in [5.74, 6) is 2.14. The van der Waals surface area contributed by atoms with Crippen molar-refractivity contribution in [1.29, 1.82) is 0 Å². The lowest BCUT2D eigenvalue weighted by Crippen LogP contribution is -2.12. The van der Waals surface area contributed by atoms with Gasteiger partial charge in [0.15, 0.2) is 11.5 Å². The number of para-hydroxylation sites is 2. The van der Waals surface area contributed by atoms with E-state index in [9.17, 15) is 0 Å². The molecule has 0 aliphatic heterocycles. The summed E-state index contributed by atoms with van der Waals surface area (Å²) < 4.78 is 11.2. The lowest BCUT2D eigenvalue weighted by Gasteiger charge is -2.13. The van der Waals surface area contributed by atoms with Gasteiger partial charge in [0.1, 0.15) is 5.75 Å². The molecular formula is C15H18N2O2. The second-order valence-electron chi connectivity index (χ2n) is 4.02. The summed E-state index contributed by atoms with van der Waals surface area (Å²) in [5, 5.41) is 3.28. The molecule has 0 radical (unpaired) electrons. The zero-order chi connectivity index (χ0) is 13.5. The highest BCUT2D eigenvalue weighted by Crippen LogP contribution is 2.32. The molecule has 0 saturated heterocycles. The summed E-state index contributed by atoms with van der Waals surface area (Å²) in [4.78, 5) is 4.11. The Morgan fingerprint density at radius 2 is 1.89 bits per heavy atom. The number of ether oxygens (including phenoxy) is 2. The van der Waals surface area contributed by atoms with E-state index in [2.05, 4.69) is 17.2 Å². The van der Waals surface area contributed by atoms with Crippen molar-refractivity contribution in [2.75, 3.05) is 13.7 Å². The van der Waals surface area contributed by atoms with Gasteiger partial charge in [-0.05, 0) is 24.7 Å². The Balaban J connectivity index is 2.22. The number of rotatable bonds is 6. The average Bonchev–Trinajstić information content (AvgIpc) is 2.47. The molecule has 0 spiro atoms. The van der Waals surface area contributed by atoms with E-state index in [1.54, 1.807) is 19.5 Å². The van der Waals surface area contributed by atoms with E-state index in [1.807, 2.05) is 30.3 Å². The van der Waals surface area contributed by atoms with Gasteiger partial charge >= 0.3 is 0 Å². The molecule has 1 heterocycles. The Morgan fingerprint density at radius 3 is 2.63 bits per heavy atom. The molecule has 1 N–H and O–H groups in total. The standard InChI is InChI=1S/C15H18N2O2/c1-3-16-10-12-8-9-17-11-15(12)19-14-7-5-4-6-13(14)18-2/h4-9,11,16H,3,10H2,1-2H3. The van der Waals surface area contributed by atoms with Crippen molar-refractivity contribution in [3.05, 3.63) is 48.3 Å². The first-order valence-electron chi connectivity index (χ1n) is 6.29. The molecule has 0 aliphatic carbocycles. The third-order valence-corrected chi connectivity index (χ3v) is 2.72. The van der Waals surface area contributed by atoms with Crippen molar-refractivity contribution in [1.82, 2.24) is 10.3 Å². The molecule has 0 bridgehead atoms. The third kappa shape index (κ3) is 3.45. The van der Waals surface area contributed by atoms with Gasteiger partial charge in [-0.15, -0.1) is 0 Å². The van der Waals surface area contributed by atoms with Crippen molar-refractivity contribution in [3.8, 4) is 17.2 Å². The molecule has 0 fully saturated rings. The Labute approximate surface area is 113 Å². The summed E-state index contributed by atoms with van der Waals surface area (Å²) in [6.07, 6.45) is 3.49. The van der Waals surface area contributed by atoms with E-state index in [-0.39, 0.29) is 0 Å². The van der Waals surface area contributed by atoms with Crippen LogP contribution in [0.25, 0.3) is 0 Å². The van der Waals surface area contributed by atoms with Gasteiger partial charge in [0.05, 0.1) is 13.3 Å². The van der Waals surface area contributed by atoms with Crippen LogP contribution in [0.4, 0.5) is 0 Å². The molecule has 2 aromatic rings. The number of pyridine rings is 1. The van der Waals surface area contributed by atoms with Crippen molar-refractivity contribution in [3.63, 3.8) is 0 Å². The molecule has 0 aliphatic rings. The smallest absolute Gasteiger partial charge is 0.169 e. The number of aromatic nitrogens is 1. The van der Waals surface area contributed by atoms with Crippen LogP contribution >= 0.6 is 0 Å². The van der Waals surface area contributed by atoms with E-state index >= 15 is 0 Å². The fraction of sp³-hybridized carbons (Fsp3) is 0.267. The average molecular weight is 258 g/mol. The van der Waals surface area contributed by atoms with E-state index in [0.717, 1.165) is 24.4 Å². The monoisotopic (exact) mass is 258 g/mol. The summed E-state index contributed by atoms with van der Waals surface area (Å²) in [7, 11) is 1.63. The van der Waals surface area contributed by atoms with E-state index in [0.29, 0.717) is 11.5 Å². The maximum atomic E-state index is 5.90. The second-order valence-corrected chi connectivity index (χ2v) is 4.02. The fourth-order valence-corrected chi connectivity index (χ4v) is 1.73. The highest BCUT2D eigenvalue weighted by Gasteiger charge is 2.08. The minimum absolute atomic E-state index is 0.691. The summed E-state index contributed by atoms with van der Waals surface area (Å²) in [6.45, 7) is 3.74. The van der Waals surface area contributed by atoms with Crippen LogP contribution < -0.4 is 14.8 Å². The number of hydrogen-bond donors (Lipinski definition) is 1. The molecule has 4 heteroatoms. The summed E-state index contributed by atoms with van der Waals surface area (Å²) in [6, 6.07) is 9.53. The molecule has 0 amide bonds. The number of nitrogens with zero attached hydrogens (tertiary/aromatic N) is 1. The van der Waals surface area contributed by atoms with Crippen LogP contribution in [0.5, 0.6) is 17.2 Å². The normalized spacial score (nSPS) is 10.2. The summed E-state index contributed by atoms with van der Waals surface area (Å²) in [5.41, 5.74) is 1.07. The first-order valence-corrected chi connectivity index (χ1v) is 6.29. The predicted octanol–water partition coefficient (Wildman–Crippen LogP) is 2.99. The van der Waals surface area contributed by atoms with Gasteiger partial charge in [-0.1, -0.05) is 19.1 Å². The highest BCUT2D eigenvalue weighted by molar-refractivity contribution is 5.43. The molecular weight excluding hydrogens is 240 g/mol. The maximum absolute atomic E-state index is 5.90. The third-order valence-electron chi connectivity index (χ3n) is 2.72. The predicted molar refractivity (Wildman–Crippen MR) is 74.7 cm³/mol. The number of methoxy groups -OCH3 is 1. The van der Waals surface area contributed by atoms with Crippen molar-refractivity contribution in [2.45, 2.75) is 13.5 Å². The number of nitrogens with one attached hydrogen (secondary N) is 1. The van der Waals surface area contributed by atoms with Crippen LogP contribution in [0.15, 0.2) is 42.7 Å². The van der Waals surface area contributed by atoms with E-state index < -0.39 is 0 Å². The first kappa shape index (κ1) is 13.4. The fourth-order valence-electron chi connectivity index (χ4n) is 1.73. The van der Waals surface area contributed by atoms with Crippen LogP contribution in [0, 0.1) is 0 Å². The van der Waals surface area contributed by atoms with Gasteiger partial charge in [0.2, 0.25) is 0 Å². The second kappa shape index (κ2) is 6.75. The Morgan fingerprint density at radius 1 is 1.11 bits per heavy atom. The largest absolute Gasteiger partial charge is 0.493 e. The molecule has 4 nitrogen and oxygen atoms in total. The molecule has 1 aromatic heterocycles. The van der Waals surface area contributed by atoms with Gasteiger partial charge in [-0.2, -0.15) is 0 Å². The van der Waals surface area contributed by atoms with Crippen LogP contribution in [-0.2, 0) is 6.54 Å². The Hall–Kier alpha value is -2.07. The topological polar surface area (TPSA) is 43.4 Å². The van der Waals surface area contributed by atoms with Crippen LogP contribution in [0.3, 0.4) is 0 Å². The van der Waals surface area contributed by atoms with Gasteiger partial charge in [-0.25, -0.2) is 0 Å². The van der Waals surface area contributed by atoms with Crippen molar-refractivity contribution < 1.29 is 9.47 Å². The summed E-state index contributed by atoms with van der Waals surface area (Å²) >= 11 is 0. The maximum Gasteiger partial charge on any atom is 0.169 e. The lowest BCUT2D eigenvalue weighted by molar-refractivity contribution is 0.376. The lowest BCUT2D eigenvalue weighted by atomic mass is 10.2. The van der Waals surface area contributed by atoms with Crippen LogP contribution in [-0.4, -0.2) is 18.6 Å². The van der Waals surface area contributed by atoms with Gasteiger partial charge in [0, 0.05) is 18.3 Å². The zero-order valence-corrected chi connectivity index (χ0v) is 11.2. The van der Waals surface area contributed by atoms with Gasteiger partial charge in [0.25, 0.3) is 0 Å². The molecule has 2 rings (SSSR count).